The molecule has 6 heteroatoms. The molecular formula is C12H19NO5. The number of carboxylic acid groups (broad SMARTS) is 1. The number of ether oxygens (including phenoxy) is 1. The zero-order valence-corrected chi connectivity index (χ0v) is 10.5. The first-order valence-corrected chi connectivity index (χ1v) is 6.14. The van der Waals surface area contributed by atoms with Crippen LogP contribution in [0, 0.1) is 5.92 Å². The van der Waals surface area contributed by atoms with Gasteiger partial charge >= 0.3 is 11.9 Å². The van der Waals surface area contributed by atoms with Crippen molar-refractivity contribution in [1.82, 2.24) is 5.32 Å². The van der Waals surface area contributed by atoms with Crippen molar-refractivity contribution in [3.05, 3.63) is 0 Å². The van der Waals surface area contributed by atoms with Crippen LogP contribution in [0.4, 0.5) is 0 Å². The van der Waals surface area contributed by atoms with Gasteiger partial charge in [-0.25, -0.2) is 4.79 Å². The number of rotatable bonds is 6. The third-order valence-electron chi connectivity index (χ3n) is 3.21. The first kappa shape index (κ1) is 14.5. The van der Waals surface area contributed by atoms with E-state index < -0.39 is 18.0 Å². The van der Waals surface area contributed by atoms with Crippen molar-refractivity contribution >= 4 is 17.8 Å². The minimum atomic E-state index is -1.12. The maximum Gasteiger partial charge on any atom is 0.326 e. The van der Waals surface area contributed by atoms with Crippen molar-refractivity contribution in [2.75, 3.05) is 7.11 Å². The van der Waals surface area contributed by atoms with Crippen molar-refractivity contribution in [3.63, 3.8) is 0 Å². The SMILES string of the molecule is COC(=O)CCC(NC(=O)C1CCCC1)C(=O)O. The second-order valence-corrected chi connectivity index (χ2v) is 4.50. The van der Waals surface area contributed by atoms with Crippen LogP contribution in [-0.4, -0.2) is 36.1 Å². The summed E-state index contributed by atoms with van der Waals surface area (Å²) >= 11 is 0. The van der Waals surface area contributed by atoms with E-state index in [1.54, 1.807) is 0 Å². The molecule has 0 aromatic rings. The van der Waals surface area contributed by atoms with Crippen molar-refractivity contribution in [2.45, 2.75) is 44.6 Å². The van der Waals surface area contributed by atoms with Gasteiger partial charge in [0.2, 0.25) is 5.91 Å². The number of methoxy groups -OCH3 is 1. The second kappa shape index (κ2) is 6.98. The fraction of sp³-hybridized carbons (Fsp3) is 0.750. The van der Waals surface area contributed by atoms with Gasteiger partial charge in [-0.05, 0) is 19.3 Å². The van der Waals surface area contributed by atoms with E-state index in [0.29, 0.717) is 0 Å². The quantitative estimate of drug-likeness (QED) is 0.683. The maximum atomic E-state index is 11.8. The summed E-state index contributed by atoms with van der Waals surface area (Å²) in [6.45, 7) is 0. The van der Waals surface area contributed by atoms with Gasteiger partial charge in [0.15, 0.2) is 0 Å². The summed E-state index contributed by atoms with van der Waals surface area (Å²) in [4.78, 5) is 33.7. The Morgan fingerprint density at radius 1 is 1.33 bits per heavy atom. The molecule has 1 aliphatic rings. The Bertz CT molecular complexity index is 322. The predicted molar refractivity (Wildman–Crippen MR) is 62.8 cm³/mol. The van der Waals surface area contributed by atoms with E-state index in [1.165, 1.54) is 7.11 Å². The molecule has 0 radical (unpaired) electrons. The van der Waals surface area contributed by atoms with Gasteiger partial charge in [0.05, 0.1) is 7.11 Å². The summed E-state index contributed by atoms with van der Waals surface area (Å²) in [5, 5.41) is 11.5. The number of carboxylic acids is 1. The first-order chi connectivity index (χ1) is 8.54. The van der Waals surface area contributed by atoms with Gasteiger partial charge in [0.25, 0.3) is 0 Å². The molecule has 2 N–H and O–H groups in total. The van der Waals surface area contributed by atoms with Crippen molar-refractivity contribution in [2.24, 2.45) is 5.92 Å². The normalized spacial score (nSPS) is 17.2. The molecule has 18 heavy (non-hydrogen) atoms. The number of carbonyl (C=O) groups excluding carboxylic acids is 2. The van der Waals surface area contributed by atoms with Crippen molar-refractivity contribution < 1.29 is 24.2 Å². The molecule has 0 heterocycles. The molecule has 1 amide bonds. The molecule has 0 aromatic heterocycles. The standard InChI is InChI=1S/C12H19NO5/c1-18-10(14)7-6-9(12(16)17)13-11(15)8-4-2-3-5-8/h8-9H,2-7H2,1H3,(H,13,15)(H,16,17). The Hall–Kier alpha value is -1.59. The highest BCUT2D eigenvalue weighted by atomic mass is 16.5. The lowest BCUT2D eigenvalue weighted by molar-refractivity contribution is -0.144. The van der Waals surface area contributed by atoms with E-state index >= 15 is 0 Å². The number of carbonyl (C=O) groups is 3. The molecule has 1 unspecified atom stereocenters. The average molecular weight is 257 g/mol. The zero-order valence-electron chi connectivity index (χ0n) is 10.5. The molecule has 1 fully saturated rings. The summed E-state index contributed by atoms with van der Waals surface area (Å²) in [7, 11) is 1.25. The minimum absolute atomic E-state index is 0.0155. The monoisotopic (exact) mass is 257 g/mol. The zero-order chi connectivity index (χ0) is 13.5. The van der Waals surface area contributed by atoms with Gasteiger partial charge in [-0.15, -0.1) is 0 Å². The Kier molecular flexibility index (Phi) is 5.61. The highest BCUT2D eigenvalue weighted by molar-refractivity contribution is 5.85. The summed E-state index contributed by atoms with van der Waals surface area (Å²) in [6, 6.07) is -1.02. The highest BCUT2D eigenvalue weighted by Crippen LogP contribution is 2.24. The Balaban J connectivity index is 2.44. The van der Waals surface area contributed by atoms with E-state index in [4.69, 9.17) is 5.11 Å². The Labute approximate surface area is 106 Å². The Morgan fingerprint density at radius 3 is 2.44 bits per heavy atom. The van der Waals surface area contributed by atoms with Crippen LogP contribution in [0.15, 0.2) is 0 Å². The smallest absolute Gasteiger partial charge is 0.326 e. The highest BCUT2D eigenvalue weighted by Gasteiger charge is 2.27. The van der Waals surface area contributed by atoms with E-state index in [1.807, 2.05) is 0 Å². The van der Waals surface area contributed by atoms with Gasteiger partial charge in [-0.1, -0.05) is 12.8 Å². The number of esters is 1. The third-order valence-corrected chi connectivity index (χ3v) is 3.21. The van der Waals surface area contributed by atoms with Crippen LogP contribution < -0.4 is 5.32 Å². The lowest BCUT2D eigenvalue weighted by atomic mass is 10.1. The van der Waals surface area contributed by atoms with Crippen LogP contribution in [0.3, 0.4) is 0 Å². The van der Waals surface area contributed by atoms with Crippen LogP contribution >= 0.6 is 0 Å². The molecule has 1 aliphatic carbocycles. The van der Waals surface area contributed by atoms with Crippen LogP contribution in [0.2, 0.25) is 0 Å². The minimum Gasteiger partial charge on any atom is -0.480 e. The number of aliphatic carboxylic acids is 1. The van der Waals surface area contributed by atoms with Crippen LogP contribution in [-0.2, 0) is 19.1 Å². The number of hydrogen-bond donors (Lipinski definition) is 2. The predicted octanol–water partition coefficient (Wildman–Crippen LogP) is 0.699. The van der Waals surface area contributed by atoms with Crippen LogP contribution in [0.1, 0.15) is 38.5 Å². The number of nitrogens with one attached hydrogen (secondary N) is 1. The largest absolute Gasteiger partial charge is 0.480 e. The van der Waals surface area contributed by atoms with Gasteiger partial charge in [0.1, 0.15) is 6.04 Å². The lowest BCUT2D eigenvalue weighted by Gasteiger charge is -2.16. The molecule has 1 rings (SSSR count). The van der Waals surface area contributed by atoms with Crippen molar-refractivity contribution in [3.8, 4) is 0 Å². The topological polar surface area (TPSA) is 92.7 Å². The number of hydrogen-bond acceptors (Lipinski definition) is 4. The summed E-state index contributed by atoms with van der Waals surface area (Å²) in [6.07, 6.45) is 3.69. The molecule has 1 saturated carbocycles. The summed E-state index contributed by atoms with van der Waals surface area (Å²) < 4.78 is 4.44. The molecule has 0 aromatic carbocycles. The molecule has 0 aliphatic heterocycles. The maximum absolute atomic E-state index is 11.8. The fourth-order valence-corrected chi connectivity index (χ4v) is 2.10. The molecule has 1 atom stereocenters. The van der Waals surface area contributed by atoms with E-state index in [-0.39, 0.29) is 24.7 Å². The number of amides is 1. The van der Waals surface area contributed by atoms with Gasteiger partial charge in [-0.2, -0.15) is 0 Å². The molecule has 102 valence electrons. The van der Waals surface area contributed by atoms with Crippen LogP contribution in [0.25, 0.3) is 0 Å². The average Bonchev–Trinajstić information content (AvgIpc) is 2.87. The molecule has 6 nitrogen and oxygen atoms in total. The lowest BCUT2D eigenvalue weighted by Crippen LogP contribution is -2.43. The van der Waals surface area contributed by atoms with Gasteiger partial charge in [0, 0.05) is 12.3 Å². The second-order valence-electron chi connectivity index (χ2n) is 4.50. The molecule has 0 spiro atoms. The Morgan fingerprint density at radius 2 is 1.94 bits per heavy atom. The van der Waals surface area contributed by atoms with Crippen molar-refractivity contribution in [1.29, 1.82) is 0 Å². The first-order valence-electron chi connectivity index (χ1n) is 6.14. The molecule has 0 bridgehead atoms. The van der Waals surface area contributed by atoms with E-state index in [9.17, 15) is 14.4 Å². The van der Waals surface area contributed by atoms with Crippen LogP contribution in [0.5, 0.6) is 0 Å². The fourth-order valence-electron chi connectivity index (χ4n) is 2.10. The van der Waals surface area contributed by atoms with Gasteiger partial charge in [-0.3, -0.25) is 9.59 Å². The molecular weight excluding hydrogens is 238 g/mol. The molecule has 0 saturated heterocycles. The summed E-state index contributed by atoms with van der Waals surface area (Å²) in [5.74, 6) is -1.89. The van der Waals surface area contributed by atoms with E-state index in [0.717, 1.165) is 25.7 Å². The summed E-state index contributed by atoms with van der Waals surface area (Å²) in [5.41, 5.74) is 0. The van der Waals surface area contributed by atoms with E-state index in [2.05, 4.69) is 10.1 Å². The third kappa shape index (κ3) is 4.35. The van der Waals surface area contributed by atoms with Gasteiger partial charge < -0.3 is 15.2 Å².